The quantitative estimate of drug-likeness (QED) is 0.638. The first kappa shape index (κ1) is 13.0. The van der Waals surface area contributed by atoms with Gasteiger partial charge in [-0.2, -0.15) is 0 Å². The number of urea groups is 1. The van der Waals surface area contributed by atoms with Crippen molar-refractivity contribution < 1.29 is 4.79 Å². The number of hydrogen-bond acceptors (Lipinski definition) is 5. The molecule has 1 aromatic heterocycles. The Morgan fingerprint density at radius 1 is 1.29 bits per heavy atom. The minimum Gasteiger partial charge on any atom is -0.373 e. The molecule has 1 aromatic rings. The topological polar surface area (TPSA) is 82.2 Å². The summed E-state index contributed by atoms with van der Waals surface area (Å²) in [5.74, 6) is 1.48. The summed E-state index contributed by atoms with van der Waals surface area (Å²) >= 11 is 0. The molecule has 0 unspecified atom stereocenters. The normalized spacial score (nSPS) is 9.59. The fraction of sp³-hybridized carbons (Fsp3) is 0.500. The van der Waals surface area contributed by atoms with E-state index in [1.807, 2.05) is 0 Å². The molecule has 0 saturated heterocycles. The fourth-order valence-electron chi connectivity index (χ4n) is 1.11. The number of amides is 2. The zero-order valence-electron chi connectivity index (χ0n) is 10.3. The van der Waals surface area contributed by atoms with Crippen molar-refractivity contribution in [3.8, 4) is 0 Å². The van der Waals surface area contributed by atoms with Crippen molar-refractivity contribution in [1.82, 2.24) is 20.2 Å². The molecule has 1 rings (SSSR count). The number of carbonyl (C=O) groups is 1. The van der Waals surface area contributed by atoms with Crippen LogP contribution in [0.15, 0.2) is 12.4 Å². The van der Waals surface area contributed by atoms with Gasteiger partial charge in [-0.25, -0.2) is 14.8 Å². The summed E-state index contributed by atoms with van der Waals surface area (Å²) in [6.07, 6.45) is 1.48. The SMILES string of the molecule is CNc1cc(NCCNC(=O)N(C)C)ncn1. The molecule has 94 valence electrons. The molecule has 0 bridgehead atoms. The van der Waals surface area contributed by atoms with Crippen molar-refractivity contribution in [2.24, 2.45) is 0 Å². The van der Waals surface area contributed by atoms with Gasteiger partial charge in [0.1, 0.15) is 18.0 Å². The maximum atomic E-state index is 11.2. The Balaban J connectivity index is 2.28. The second kappa shape index (κ2) is 6.51. The van der Waals surface area contributed by atoms with Gasteiger partial charge in [0.25, 0.3) is 0 Å². The van der Waals surface area contributed by atoms with Crippen LogP contribution in [-0.2, 0) is 0 Å². The Labute approximate surface area is 101 Å². The molecular weight excluding hydrogens is 220 g/mol. The number of aromatic nitrogens is 2. The molecule has 0 radical (unpaired) electrons. The molecule has 17 heavy (non-hydrogen) atoms. The molecule has 0 saturated carbocycles. The molecule has 0 fully saturated rings. The van der Waals surface area contributed by atoms with Crippen LogP contribution in [0.1, 0.15) is 0 Å². The minimum atomic E-state index is -0.106. The molecule has 7 heteroatoms. The Hall–Kier alpha value is -2.05. The number of rotatable bonds is 5. The highest BCUT2D eigenvalue weighted by atomic mass is 16.2. The van der Waals surface area contributed by atoms with Gasteiger partial charge < -0.3 is 20.9 Å². The summed E-state index contributed by atoms with van der Waals surface area (Å²) in [5, 5.41) is 8.76. The van der Waals surface area contributed by atoms with E-state index in [9.17, 15) is 4.79 Å². The molecule has 0 aromatic carbocycles. The third-order valence-electron chi connectivity index (χ3n) is 2.04. The maximum absolute atomic E-state index is 11.2. The van der Waals surface area contributed by atoms with Crippen molar-refractivity contribution in [2.45, 2.75) is 0 Å². The first-order valence-electron chi connectivity index (χ1n) is 5.32. The van der Waals surface area contributed by atoms with Crippen LogP contribution in [0, 0.1) is 0 Å². The van der Waals surface area contributed by atoms with Gasteiger partial charge in [-0.3, -0.25) is 0 Å². The van der Waals surface area contributed by atoms with Crippen LogP contribution in [-0.4, -0.2) is 55.1 Å². The van der Waals surface area contributed by atoms with E-state index in [2.05, 4.69) is 25.9 Å². The summed E-state index contributed by atoms with van der Waals surface area (Å²) in [4.78, 5) is 20.7. The number of hydrogen-bond donors (Lipinski definition) is 3. The second-order valence-corrected chi connectivity index (χ2v) is 3.59. The van der Waals surface area contributed by atoms with E-state index in [0.717, 1.165) is 11.6 Å². The Morgan fingerprint density at radius 3 is 2.65 bits per heavy atom. The molecule has 0 aliphatic carbocycles. The van der Waals surface area contributed by atoms with Crippen molar-refractivity contribution in [3.05, 3.63) is 12.4 Å². The highest BCUT2D eigenvalue weighted by Crippen LogP contribution is 2.06. The third-order valence-corrected chi connectivity index (χ3v) is 2.04. The highest BCUT2D eigenvalue weighted by molar-refractivity contribution is 5.73. The van der Waals surface area contributed by atoms with Gasteiger partial charge in [0.15, 0.2) is 0 Å². The van der Waals surface area contributed by atoms with E-state index >= 15 is 0 Å². The Bertz CT molecular complexity index is 368. The molecule has 7 nitrogen and oxygen atoms in total. The lowest BCUT2D eigenvalue weighted by atomic mass is 10.5. The number of carbonyl (C=O) groups excluding carboxylic acids is 1. The van der Waals surface area contributed by atoms with Crippen LogP contribution < -0.4 is 16.0 Å². The average Bonchev–Trinajstić information content (AvgIpc) is 2.34. The molecule has 0 atom stereocenters. The van der Waals surface area contributed by atoms with Crippen LogP contribution >= 0.6 is 0 Å². The van der Waals surface area contributed by atoms with Gasteiger partial charge >= 0.3 is 6.03 Å². The lowest BCUT2D eigenvalue weighted by Gasteiger charge is -2.12. The molecule has 0 aliphatic heterocycles. The Kier molecular flexibility index (Phi) is 4.99. The lowest BCUT2D eigenvalue weighted by molar-refractivity contribution is 0.218. The van der Waals surface area contributed by atoms with Gasteiger partial charge in [0, 0.05) is 40.3 Å². The highest BCUT2D eigenvalue weighted by Gasteiger charge is 2.01. The third kappa shape index (κ3) is 4.54. The van der Waals surface area contributed by atoms with Gasteiger partial charge in [-0.15, -0.1) is 0 Å². The van der Waals surface area contributed by atoms with Crippen molar-refractivity contribution in [1.29, 1.82) is 0 Å². The summed E-state index contributed by atoms with van der Waals surface area (Å²) in [6.45, 7) is 1.15. The number of nitrogens with zero attached hydrogens (tertiary/aromatic N) is 3. The van der Waals surface area contributed by atoms with Gasteiger partial charge in [0.2, 0.25) is 0 Å². The van der Waals surface area contributed by atoms with Crippen LogP contribution in [0.4, 0.5) is 16.4 Å². The summed E-state index contributed by atoms with van der Waals surface area (Å²) < 4.78 is 0. The lowest BCUT2D eigenvalue weighted by Crippen LogP contribution is -2.37. The van der Waals surface area contributed by atoms with Crippen LogP contribution in [0.25, 0.3) is 0 Å². The van der Waals surface area contributed by atoms with Crippen LogP contribution in [0.2, 0.25) is 0 Å². The number of nitrogens with one attached hydrogen (secondary N) is 3. The largest absolute Gasteiger partial charge is 0.373 e. The molecule has 0 spiro atoms. The van der Waals surface area contributed by atoms with E-state index in [0.29, 0.717) is 13.1 Å². The van der Waals surface area contributed by atoms with E-state index < -0.39 is 0 Å². The monoisotopic (exact) mass is 238 g/mol. The fourth-order valence-corrected chi connectivity index (χ4v) is 1.11. The van der Waals surface area contributed by atoms with E-state index in [-0.39, 0.29) is 6.03 Å². The van der Waals surface area contributed by atoms with E-state index in [1.54, 1.807) is 27.2 Å². The minimum absolute atomic E-state index is 0.106. The van der Waals surface area contributed by atoms with Crippen LogP contribution in [0.5, 0.6) is 0 Å². The second-order valence-electron chi connectivity index (χ2n) is 3.59. The van der Waals surface area contributed by atoms with Gasteiger partial charge in [-0.1, -0.05) is 0 Å². The first-order chi connectivity index (χ1) is 8.13. The smallest absolute Gasteiger partial charge is 0.316 e. The molecule has 3 N–H and O–H groups in total. The van der Waals surface area contributed by atoms with Crippen molar-refractivity contribution >= 4 is 17.7 Å². The summed E-state index contributed by atoms with van der Waals surface area (Å²) in [6, 6.07) is 1.69. The molecule has 1 heterocycles. The van der Waals surface area contributed by atoms with E-state index in [4.69, 9.17) is 0 Å². The van der Waals surface area contributed by atoms with Crippen molar-refractivity contribution in [3.63, 3.8) is 0 Å². The standard InChI is InChI=1S/C10H18N6O/c1-11-8-6-9(15-7-14-8)12-4-5-13-10(17)16(2)3/h6-7H,4-5H2,1-3H3,(H,13,17)(H2,11,12,14,15). The van der Waals surface area contributed by atoms with Crippen molar-refractivity contribution in [2.75, 3.05) is 44.9 Å². The summed E-state index contributed by atoms with van der Waals surface area (Å²) in [5.41, 5.74) is 0. The maximum Gasteiger partial charge on any atom is 0.316 e. The predicted molar refractivity (Wildman–Crippen MR) is 67.2 cm³/mol. The number of anilines is 2. The van der Waals surface area contributed by atoms with E-state index in [1.165, 1.54) is 11.2 Å². The molecular formula is C10H18N6O. The molecule has 0 aliphatic rings. The van der Waals surface area contributed by atoms with Gasteiger partial charge in [-0.05, 0) is 0 Å². The van der Waals surface area contributed by atoms with Crippen LogP contribution in [0.3, 0.4) is 0 Å². The first-order valence-corrected chi connectivity index (χ1v) is 5.32. The van der Waals surface area contributed by atoms with Gasteiger partial charge in [0.05, 0.1) is 0 Å². The zero-order chi connectivity index (χ0) is 12.7. The molecule has 2 amide bonds. The Morgan fingerprint density at radius 2 is 2.00 bits per heavy atom. The predicted octanol–water partition coefficient (Wildman–Crippen LogP) is 0.201. The average molecular weight is 238 g/mol. The zero-order valence-corrected chi connectivity index (χ0v) is 10.3. The summed E-state index contributed by atoms with van der Waals surface area (Å²) in [7, 11) is 5.20.